The highest BCUT2D eigenvalue weighted by molar-refractivity contribution is 9.10. The molecular weight excluding hydrogens is 382 g/mol. The number of amides is 1. The Bertz CT molecular complexity index is 764. The van der Waals surface area contributed by atoms with E-state index in [2.05, 4.69) is 31.2 Å². The number of ether oxygens (including phenoxy) is 1. The highest BCUT2D eigenvalue weighted by Crippen LogP contribution is 2.20. The number of halogens is 1. The SMILES string of the molecule is COCc1cc(=O)[nH]c(SCC(=O)Nc2ccc(Br)c(C)c2)n1. The molecule has 2 N–H and O–H groups in total. The van der Waals surface area contributed by atoms with Gasteiger partial charge in [0.2, 0.25) is 5.91 Å². The van der Waals surface area contributed by atoms with Gasteiger partial charge in [-0.2, -0.15) is 0 Å². The van der Waals surface area contributed by atoms with Gasteiger partial charge < -0.3 is 15.0 Å². The molecule has 2 rings (SSSR count). The number of thioether (sulfide) groups is 1. The zero-order chi connectivity index (χ0) is 16.8. The number of aromatic amines is 1. The van der Waals surface area contributed by atoms with Gasteiger partial charge >= 0.3 is 0 Å². The summed E-state index contributed by atoms with van der Waals surface area (Å²) in [7, 11) is 1.53. The summed E-state index contributed by atoms with van der Waals surface area (Å²) in [6.07, 6.45) is 0. The minimum Gasteiger partial charge on any atom is -0.378 e. The zero-order valence-electron chi connectivity index (χ0n) is 12.7. The molecule has 0 spiro atoms. The zero-order valence-corrected chi connectivity index (χ0v) is 15.1. The molecule has 122 valence electrons. The minimum absolute atomic E-state index is 0.147. The Morgan fingerprint density at radius 1 is 1.43 bits per heavy atom. The molecule has 1 heterocycles. The van der Waals surface area contributed by atoms with Crippen LogP contribution in [0.15, 0.2) is 38.7 Å². The molecule has 1 aromatic carbocycles. The van der Waals surface area contributed by atoms with E-state index in [0.29, 0.717) is 10.9 Å². The van der Waals surface area contributed by atoms with Gasteiger partial charge in [-0.15, -0.1) is 0 Å². The molecule has 0 aliphatic carbocycles. The van der Waals surface area contributed by atoms with E-state index >= 15 is 0 Å². The fourth-order valence-electron chi connectivity index (χ4n) is 1.83. The number of aryl methyl sites for hydroxylation is 1. The third-order valence-electron chi connectivity index (χ3n) is 2.85. The van der Waals surface area contributed by atoms with Crippen molar-refractivity contribution in [2.45, 2.75) is 18.7 Å². The summed E-state index contributed by atoms with van der Waals surface area (Å²) >= 11 is 4.58. The van der Waals surface area contributed by atoms with Crippen LogP contribution >= 0.6 is 27.7 Å². The molecule has 23 heavy (non-hydrogen) atoms. The van der Waals surface area contributed by atoms with Gasteiger partial charge in [0.1, 0.15) is 0 Å². The molecule has 0 radical (unpaired) electrons. The van der Waals surface area contributed by atoms with Gasteiger partial charge in [0.05, 0.1) is 18.1 Å². The monoisotopic (exact) mass is 397 g/mol. The maximum absolute atomic E-state index is 12.0. The van der Waals surface area contributed by atoms with Gasteiger partial charge in [0, 0.05) is 23.3 Å². The van der Waals surface area contributed by atoms with Crippen LogP contribution in [0, 0.1) is 6.92 Å². The number of carbonyl (C=O) groups excluding carboxylic acids is 1. The Hall–Kier alpha value is -1.64. The topological polar surface area (TPSA) is 84.1 Å². The molecule has 0 fully saturated rings. The maximum atomic E-state index is 12.0. The normalized spacial score (nSPS) is 10.6. The molecule has 0 saturated heterocycles. The first kappa shape index (κ1) is 17.7. The van der Waals surface area contributed by atoms with Crippen LogP contribution in [0.1, 0.15) is 11.3 Å². The average Bonchev–Trinajstić information content (AvgIpc) is 2.49. The van der Waals surface area contributed by atoms with Gasteiger partial charge in [-0.3, -0.25) is 9.59 Å². The van der Waals surface area contributed by atoms with Crippen molar-refractivity contribution in [3.63, 3.8) is 0 Å². The number of methoxy groups -OCH3 is 1. The summed E-state index contributed by atoms with van der Waals surface area (Å²) in [5.74, 6) is -0.0226. The molecule has 0 saturated carbocycles. The van der Waals surface area contributed by atoms with Gasteiger partial charge in [0.15, 0.2) is 5.16 Å². The average molecular weight is 398 g/mol. The second-order valence-corrected chi connectivity index (χ2v) is 6.59. The van der Waals surface area contributed by atoms with E-state index < -0.39 is 0 Å². The largest absolute Gasteiger partial charge is 0.378 e. The molecule has 1 aromatic heterocycles. The number of aromatic nitrogens is 2. The summed E-state index contributed by atoms with van der Waals surface area (Å²) < 4.78 is 5.94. The number of nitrogens with zero attached hydrogens (tertiary/aromatic N) is 1. The quantitative estimate of drug-likeness (QED) is 0.578. The predicted octanol–water partition coefficient (Wildman–Crippen LogP) is 2.72. The number of nitrogens with one attached hydrogen (secondary N) is 2. The van der Waals surface area contributed by atoms with Crippen molar-refractivity contribution in [1.82, 2.24) is 9.97 Å². The number of H-pyrrole nitrogens is 1. The third-order valence-corrected chi connectivity index (χ3v) is 4.61. The molecular formula is C15H16BrN3O3S. The van der Waals surface area contributed by atoms with E-state index in [1.165, 1.54) is 24.9 Å². The third kappa shape index (κ3) is 5.49. The number of hydrogen-bond donors (Lipinski definition) is 2. The fraction of sp³-hybridized carbons (Fsp3) is 0.267. The van der Waals surface area contributed by atoms with Crippen molar-refractivity contribution in [2.75, 3.05) is 18.2 Å². The summed E-state index contributed by atoms with van der Waals surface area (Å²) in [6, 6.07) is 6.95. The van der Waals surface area contributed by atoms with Crippen LogP contribution in [0.4, 0.5) is 5.69 Å². The van der Waals surface area contributed by atoms with Crippen molar-refractivity contribution in [1.29, 1.82) is 0 Å². The molecule has 2 aromatic rings. The first-order chi connectivity index (χ1) is 11.0. The van der Waals surface area contributed by atoms with Crippen molar-refractivity contribution >= 4 is 39.3 Å². The van der Waals surface area contributed by atoms with E-state index in [0.717, 1.165) is 15.7 Å². The summed E-state index contributed by atoms with van der Waals surface area (Å²) in [4.78, 5) is 30.3. The highest BCUT2D eigenvalue weighted by Gasteiger charge is 2.07. The van der Waals surface area contributed by atoms with Gasteiger partial charge in [0.25, 0.3) is 5.56 Å². The summed E-state index contributed by atoms with van der Waals surface area (Å²) in [6.45, 7) is 2.20. The smallest absolute Gasteiger partial charge is 0.251 e. The summed E-state index contributed by atoms with van der Waals surface area (Å²) in [5.41, 5.74) is 2.03. The van der Waals surface area contributed by atoms with Crippen LogP contribution in [-0.2, 0) is 16.1 Å². The summed E-state index contributed by atoms with van der Waals surface area (Å²) in [5, 5.41) is 3.20. The second kappa shape index (κ2) is 8.28. The molecule has 8 heteroatoms. The first-order valence-electron chi connectivity index (χ1n) is 6.76. The lowest BCUT2D eigenvalue weighted by Crippen LogP contribution is -2.16. The molecule has 0 aliphatic rings. The number of benzene rings is 1. The number of carbonyl (C=O) groups is 1. The van der Waals surface area contributed by atoms with Crippen LogP contribution < -0.4 is 10.9 Å². The number of anilines is 1. The van der Waals surface area contributed by atoms with E-state index in [9.17, 15) is 9.59 Å². The Kier molecular flexibility index (Phi) is 6.37. The standard InChI is InChI=1S/C15H16BrN3O3S/c1-9-5-10(3-4-12(9)16)17-14(21)8-23-15-18-11(7-22-2)6-13(20)19-15/h3-6H,7-8H2,1-2H3,(H,17,21)(H,18,19,20). The van der Waals surface area contributed by atoms with Gasteiger partial charge in [-0.25, -0.2) is 4.98 Å². The van der Waals surface area contributed by atoms with Crippen molar-refractivity contribution < 1.29 is 9.53 Å². The van der Waals surface area contributed by atoms with Gasteiger partial charge in [-0.1, -0.05) is 27.7 Å². The lowest BCUT2D eigenvalue weighted by atomic mass is 10.2. The van der Waals surface area contributed by atoms with Crippen molar-refractivity contribution in [3.05, 3.63) is 50.3 Å². The minimum atomic E-state index is -0.265. The second-order valence-electron chi connectivity index (χ2n) is 4.78. The Labute approximate surface area is 146 Å². The van der Waals surface area contributed by atoms with Gasteiger partial charge in [-0.05, 0) is 30.7 Å². The van der Waals surface area contributed by atoms with E-state index in [-0.39, 0.29) is 23.8 Å². The lowest BCUT2D eigenvalue weighted by molar-refractivity contribution is -0.113. The van der Waals surface area contributed by atoms with Crippen molar-refractivity contribution in [2.24, 2.45) is 0 Å². The Balaban J connectivity index is 1.96. The van der Waals surface area contributed by atoms with Crippen LogP contribution in [-0.4, -0.2) is 28.7 Å². The number of rotatable bonds is 6. The fourth-order valence-corrected chi connectivity index (χ4v) is 2.77. The molecule has 0 unspecified atom stereocenters. The molecule has 0 bridgehead atoms. The lowest BCUT2D eigenvalue weighted by Gasteiger charge is -2.07. The van der Waals surface area contributed by atoms with Crippen LogP contribution in [0.2, 0.25) is 0 Å². The van der Waals surface area contributed by atoms with Crippen LogP contribution in [0.5, 0.6) is 0 Å². The molecule has 1 amide bonds. The Morgan fingerprint density at radius 2 is 2.22 bits per heavy atom. The van der Waals surface area contributed by atoms with E-state index in [1.807, 2.05) is 25.1 Å². The van der Waals surface area contributed by atoms with E-state index in [1.54, 1.807) is 0 Å². The molecule has 0 atom stereocenters. The van der Waals surface area contributed by atoms with Crippen molar-refractivity contribution in [3.8, 4) is 0 Å². The molecule has 0 aliphatic heterocycles. The maximum Gasteiger partial charge on any atom is 0.251 e. The predicted molar refractivity (Wildman–Crippen MR) is 93.8 cm³/mol. The highest BCUT2D eigenvalue weighted by atomic mass is 79.9. The molecule has 6 nitrogen and oxygen atoms in total. The van der Waals surface area contributed by atoms with E-state index in [4.69, 9.17) is 4.74 Å². The Morgan fingerprint density at radius 3 is 2.91 bits per heavy atom. The van der Waals surface area contributed by atoms with Crippen LogP contribution in [0.25, 0.3) is 0 Å². The van der Waals surface area contributed by atoms with Crippen LogP contribution in [0.3, 0.4) is 0 Å². The number of hydrogen-bond acceptors (Lipinski definition) is 5. The first-order valence-corrected chi connectivity index (χ1v) is 8.54.